The van der Waals surface area contributed by atoms with Gasteiger partial charge in [-0.1, -0.05) is 27.7 Å². The summed E-state index contributed by atoms with van der Waals surface area (Å²) in [5.74, 6) is 0.190. The number of hydrogen-bond donors (Lipinski definition) is 1. The van der Waals surface area contributed by atoms with Crippen LogP contribution < -0.4 is 5.32 Å². The van der Waals surface area contributed by atoms with Crippen molar-refractivity contribution < 1.29 is 8.42 Å². The first kappa shape index (κ1) is 18.3. The highest BCUT2D eigenvalue weighted by atomic mass is 35.5. The van der Waals surface area contributed by atoms with Crippen LogP contribution in [0, 0.1) is 5.41 Å². The lowest BCUT2D eigenvalue weighted by molar-refractivity contribution is 0.373. The highest BCUT2D eigenvalue weighted by molar-refractivity contribution is 7.91. The molecule has 0 spiro atoms. The van der Waals surface area contributed by atoms with Crippen LogP contribution in [0.3, 0.4) is 0 Å². The number of benzene rings is 1. The second-order valence-electron chi connectivity index (χ2n) is 6.59. The van der Waals surface area contributed by atoms with Crippen molar-refractivity contribution in [1.29, 1.82) is 0 Å². The van der Waals surface area contributed by atoms with E-state index in [1.165, 1.54) is 0 Å². The van der Waals surface area contributed by atoms with Gasteiger partial charge < -0.3 is 5.32 Å². The third-order valence-electron chi connectivity index (χ3n) is 3.05. The standard InChI is InChI=1S/C16H26ClNO2S/c1-5-10-21(19,20)15-8-6-14(7-9-15)18-12-13(17)11-16(2,3)4/h6-9,13,18H,5,10-12H2,1-4H3. The van der Waals surface area contributed by atoms with E-state index in [2.05, 4.69) is 26.1 Å². The second-order valence-corrected chi connectivity index (χ2v) is 9.31. The zero-order valence-corrected chi connectivity index (χ0v) is 14.9. The average molecular weight is 332 g/mol. The van der Waals surface area contributed by atoms with E-state index >= 15 is 0 Å². The van der Waals surface area contributed by atoms with E-state index in [1.54, 1.807) is 24.3 Å². The molecule has 0 fully saturated rings. The van der Waals surface area contributed by atoms with E-state index in [4.69, 9.17) is 11.6 Å². The molecule has 0 radical (unpaired) electrons. The molecular formula is C16H26ClNO2S. The van der Waals surface area contributed by atoms with Crippen LogP contribution in [0.1, 0.15) is 40.5 Å². The Balaban J connectivity index is 2.60. The van der Waals surface area contributed by atoms with Crippen molar-refractivity contribution in [2.75, 3.05) is 17.6 Å². The summed E-state index contributed by atoms with van der Waals surface area (Å²) in [6.45, 7) is 9.02. The van der Waals surface area contributed by atoms with Crippen molar-refractivity contribution in [1.82, 2.24) is 0 Å². The Labute approximate surface area is 134 Å². The normalized spacial score (nSPS) is 14.0. The maximum Gasteiger partial charge on any atom is 0.178 e. The minimum Gasteiger partial charge on any atom is -0.384 e. The fourth-order valence-corrected chi connectivity index (χ4v) is 4.00. The molecule has 0 amide bonds. The lowest BCUT2D eigenvalue weighted by atomic mass is 9.90. The molecule has 0 heterocycles. The Morgan fingerprint density at radius 2 is 1.76 bits per heavy atom. The Hall–Kier alpha value is -0.740. The van der Waals surface area contributed by atoms with Crippen molar-refractivity contribution in [2.24, 2.45) is 5.41 Å². The van der Waals surface area contributed by atoms with Gasteiger partial charge in [-0.3, -0.25) is 0 Å². The van der Waals surface area contributed by atoms with E-state index in [0.29, 0.717) is 17.9 Å². The molecule has 0 aliphatic carbocycles. The maximum atomic E-state index is 11.9. The summed E-state index contributed by atoms with van der Waals surface area (Å²) in [6.07, 6.45) is 1.55. The van der Waals surface area contributed by atoms with Gasteiger partial charge in [0, 0.05) is 12.2 Å². The molecule has 3 nitrogen and oxygen atoms in total. The molecular weight excluding hydrogens is 306 g/mol. The fourth-order valence-electron chi connectivity index (χ4n) is 2.13. The van der Waals surface area contributed by atoms with Gasteiger partial charge in [-0.2, -0.15) is 0 Å². The highest BCUT2D eigenvalue weighted by Crippen LogP contribution is 2.24. The molecule has 5 heteroatoms. The van der Waals surface area contributed by atoms with E-state index in [0.717, 1.165) is 12.1 Å². The molecule has 1 aromatic rings. The Morgan fingerprint density at radius 1 is 1.19 bits per heavy atom. The van der Waals surface area contributed by atoms with E-state index in [-0.39, 0.29) is 16.5 Å². The smallest absolute Gasteiger partial charge is 0.178 e. The van der Waals surface area contributed by atoms with Crippen molar-refractivity contribution >= 4 is 27.1 Å². The number of nitrogens with one attached hydrogen (secondary N) is 1. The molecule has 0 aromatic heterocycles. The molecule has 0 saturated carbocycles. The lowest BCUT2D eigenvalue weighted by Gasteiger charge is -2.22. The van der Waals surface area contributed by atoms with Crippen LogP contribution in [0.25, 0.3) is 0 Å². The van der Waals surface area contributed by atoms with Gasteiger partial charge >= 0.3 is 0 Å². The first-order chi connectivity index (χ1) is 9.64. The number of alkyl halides is 1. The van der Waals surface area contributed by atoms with Gasteiger partial charge in [-0.25, -0.2) is 8.42 Å². The van der Waals surface area contributed by atoms with Gasteiger partial charge in [0.1, 0.15) is 0 Å². The molecule has 120 valence electrons. The molecule has 21 heavy (non-hydrogen) atoms. The number of anilines is 1. The van der Waals surface area contributed by atoms with Crippen molar-refractivity contribution in [3.8, 4) is 0 Å². The quantitative estimate of drug-likeness (QED) is 0.756. The second kappa shape index (κ2) is 7.50. The molecule has 0 aliphatic heterocycles. The van der Waals surface area contributed by atoms with E-state index in [1.807, 2.05) is 6.92 Å². The van der Waals surface area contributed by atoms with Crippen LogP contribution in [0.5, 0.6) is 0 Å². The monoisotopic (exact) mass is 331 g/mol. The van der Waals surface area contributed by atoms with Crippen LogP contribution in [-0.4, -0.2) is 26.1 Å². The third-order valence-corrected chi connectivity index (χ3v) is 5.29. The summed E-state index contributed by atoms with van der Waals surface area (Å²) < 4.78 is 23.8. The maximum absolute atomic E-state index is 11.9. The van der Waals surface area contributed by atoms with E-state index < -0.39 is 9.84 Å². The fraction of sp³-hybridized carbons (Fsp3) is 0.625. The van der Waals surface area contributed by atoms with Gasteiger partial charge in [-0.05, 0) is 42.5 Å². The largest absolute Gasteiger partial charge is 0.384 e. The molecule has 1 aromatic carbocycles. The predicted molar refractivity (Wildman–Crippen MR) is 91.0 cm³/mol. The highest BCUT2D eigenvalue weighted by Gasteiger charge is 2.17. The van der Waals surface area contributed by atoms with Crippen molar-refractivity contribution in [2.45, 2.75) is 50.8 Å². The zero-order valence-electron chi connectivity index (χ0n) is 13.3. The van der Waals surface area contributed by atoms with Gasteiger partial charge in [0.15, 0.2) is 9.84 Å². The molecule has 0 bridgehead atoms. The van der Waals surface area contributed by atoms with E-state index in [9.17, 15) is 8.42 Å². The molecule has 1 N–H and O–H groups in total. The summed E-state index contributed by atoms with van der Waals surface area (Å²) in [5, 5.41) is 3.30. The number of halogens is 1. The molecule has 1 rings (SSSR count). The molecule has 1 unspecified atom stereocenters. The molecule has 0 aliphatic rings. The SMILES string of the molecule is CCCS(=O)(=O)c1ccc(NCC(Cl)CC(C)(C)C)cc1. The summed E-state index contributed by atoms with van der Waals surface area (Å²) in [4.78, 5) is 0.381. The third kappa shape index (κ3) is 6.70. The molecule has 0 saturated heterocycles. The van der Waals surface area contributed by atoms with Crippen molar-refractivity contribution in [3.05, 3.63) is 24.3 Å². The average Bonchev–Trinajstić information content (AvgIpc) is 2.35. The number of sulfone groups is 1. The minimum absolute atomic E-state index is 0.0495. The van der Waals surface area contributed by atoms with Crippen molar-refractivity contribution in [3.63, 3.8) is 0 Å². The minimum atomic E-state index is -3.14. The summed E-state index contributed by atoms with van der Waals surface area (Å²) in [7, 11) is -3.14. The lowest BCUT2D eigenvalue weighted by Crippen LogP contribution is -2.20. The van der Waals surface area contributed by atoms with Crippen LogP contribution in [0.15, 0.2) is 29.2 Å². The van der Waals surface area contributed by atoms with Crippen LogP contribution >= 0.6 is 11.6 Å². The first-order valence-electron chi connectivity index (χ1n) is 7.35. The predicted octanol–water partition coefficient (Wildman–Crippen LogP) is 4.33. The topological polar surface area (TPSA) is 46.2 Å². The summed E-state index contributed by atoms with van der Waals surface area (Å²) in [6, 6.07) is 6.90. The zero-order chi connectivity index (χ0) is 16.1. The van der Waals surface area contributed by atoms with Gasteiger partial charge in [0.25, 0.3) is 0 Å². The summed E-state index contributed by atoms with van der Waals surface area (Å²) >= 11 is 6.30. The van der Waals surface area contributed by atoms with Gasteiger partial charge in [-0.15, -0.1) is 11.6 Å². The number of rotatable bonds is 7. The summed E-state index contributed by atoms with van der Waals surface area (Å²) in [5.41, 5.74) is 1.09. The Bertz CT molecular complexity index is 532. The van der Waals surface area contributed by atoms with Crippen LogP contribution in [-0.2, 0) is 9.84 Å². The molecule has 1 atom stereocenters. The Morgan fingerprint density at radius 3 is 2.24 bits per heavy atom. The van der Waals surface area contributed by atoms with Gasteiger partial charge in [0.05, 0.1) is 16.0 Å². The Kier molecular flexibility index (Phi) is 6.54. The number of hydrogen-bond acceptors (Lipinski definition) is 3. The van der Waals surface area contributed by atoms with Crippen LogP contribution in [0.4, 0.5) is 5.69 Å². The van der Waals surface area contributed by atoms with Crippen LogP contribution in [0.2, 0.25) is 0 Å². The first-order valence-corrected chi connectivity index (χ1v) is 9.44. The van der Waals surface area contributed by atoms with Gasteiger partial charge in [0.2, 0.25) is 0 Å².